The first-order chi connectivity index (χ1) is 28.0. The van der Waals surface area contributed by atoms with Gasteiger partial charge in [0.05, 0.1) is 16.3 Å². The topological polar surface area (TPSA) is 93.2 Å². The summed E-state index contributed by atoms with van der Waals surface area (Å²) in [5, 5.41) is 6.88. The van der Waals surface area contributed by atoms with Gasteiger partial charge in [-0.2, -0.15) is 0 Å². The lowest BCUT2D eigenvalue weighted by molar-refractivity contribution is -0.135. The summed E-state index contributed by atoms with van der Waals surface area (Å²) in [5.41, 5.74) is 8.97. The Balaban J connectivity index is 1.10. The van der Waals surface area contributed by atoms with E-state index < -0.39 is 15.9 Å². The number of aromatic amines is 1. The summed E-state index contributed by atoms with van der Waals surface area (Å²) >= 11 is 1.75. The lowest BCUT2D eigenvalue weighted by Gasteiger charge is -2.19. The molecule has 8 aromatic rings. The largest absolute Gasteiger partial charge is 0.426 e. The number of aromatic nitrogens is 2. The van der Waals surface area contributed by atoms with Gasteiger partial charge in [-0.25, -0.2) is 12.4 Å². The van der Waals surface area contributed by atoms with Crippen LogP contribution in [0.1, 0.15) is 83.7 Å². The van der Waals surface area contributed by atoms with E-state index in [1.165, 1.54) is 24.5 Å². The van der Waals surface area contributed by atoms with Crippen LogP contribution in [0.2, 0.25) is 0 Å². The number of carbonyl (C=O) groups is 1. The van der Waals surface area contributed by atoms with Crippen LogP contribution in [0.5, 0.6) is 5.75 Å². The highest BCUT2D eigenvalue weighted by Gasteiger charge is 2.29. The SMILES string of the molecule is Cc1ccc(S(=O)(=O)n2cc(Cc3cc4ccccc4s3)c3c4c(ccc32)C(c2c[nH]c3ccc(OC(=O)C(C)c5ccc(CC(C)C)cc5)cc23)CCCN4)cc1. The number of aryl methyl sites for hydroxylation is 1. The van der Waals surface area contributed by atoms with Crippen LogP contribution in [0.25, 0.3) is 31.9 Å². The molecule has 58 heavy (non-hydrogen) atoms. The second-order valence-corrected chi connectivity index (χ2v) is 19.2. The van der Waals surface area contributed by atoms with E-state index in [0.29, 0.717) is 23.6 Å². The summed E-state index contributed by atoms with van der Waals surface area (Å²) < 4.78 is 37.5. The number of rotatable bonds is 10. The maximum Gasteiger partial charge on any atom is 0.318 e. The highest BCUT2D eigenvalue weighted by molar-refractivity contribution is 7.90. The van der Waals surface area contributed by atoms with Crippen LogP contribution in [0.4, 0.5) is 5.69 Å². The van der Waals surface area contributed by atoms with Gasteiger partial charge in [0.1, 0.15) is 5.75 Å². The molecule has 7 nitrogen and oxygen atoms in total. The van der Waals surface area contributed by atoms with Crippen molar-refractivity contribution in [2.75, 3.05) is 11.9 Å². The molecule has 0 radical (unpaired) electrons. The molecular weight excluding hydrogens is 759 g/mol. The number of thiophene rings is 1. The molecule has 294 valence electrons. The number of carbonyl (C=O) groups excluding carboxylic acids is 1. The Bertz CT molecular complexity index is 2890. The van der Waals surface area contributed by atoms with E-state index in [9.17, 15) is 13.2 Å². The van der Waals surface area contributed by atoms with Crippen LogP contribution >= 0.6 is 11.3 Å². The van der Waals surface area contributed by atoms with Crippen molar-refractivity contribution < 1.29 is 17.9 Å². The van der Waals surface area contributed by atoms with Crippen molar-refractivity contribution in [3.05, 3.63) is 160 Å². The van der Waals surface area contributed by atoms with E-state index in [1.807, 2.05) is 68.6 Å². The molecule has 5 aromatic carbocycles. The molecule has 2 unspecified atom stereocenters. The normalized spacial score (nSPS) is 15.1. The van der Waals surface area contributed by atoms with Crippen LogP contribution < -0.4 is 10.1 Å². The molecule has 1 aliphatic rings. The van der Waals surface area contributed by atoms with Crippen molar-refractivity contribution in [1.82, 2.24) is 8.96 Å². The van der Waals surface area contributed by atoms with Gasteiger partial charge in [-0.1, -0.05) is 80.1 Å². The van der Waals surface area contributed by atoms with E-state index in [0.717, 1.165) is 75.6 Å². The van der Waals surface area contributed by atoms with Gasteiger partial charge in [-0.3, -0.25) is 4.79 Å². The monoisotopic (exact) mass is 805 g/mol. The van der Waals surface area contributed by atoms with E-state index in [1.54, 1.807) is 23.5 Å². The molecule has 0 fully saturated rings. The number of H-pyrrole nitrogens is 1. The van der Waals surface area contributed by atoms with E-state index >= 15 is 0 Å². The Labute approximate surface area is 343 Å². The highest BCUT2D eigenvalue weighted by Crippen LogP contribution is 2.45. The number of esters is 1. The smallest absolute Gasteiger partial charge is 0.318 e. The van der Waals surface area contributed by atoms with Crippen molar-refractivity contribution in [3.63, 3.8) is 0 Å². The summed E-state index contributed by atoms with van der Waals surface area (Å²) in [4.78, 5) is 18.4. The van der Waals surface area contributed by atoms with Crippen molar-refractivity contribution in [2.24, 2.45) is 5.92 Å². The Morgan fingerprint density at radius 1 is 0.914 bits per heavy atom. The van der Waals surface area contributed by atoms with Crippen LogP contribution in [0, 0.1) is 12.8 Å². The van der Waals surface area contributed by atoms with Crippen molar-refractivity contribution in [1.29, 1.82) is 0 Å². The first-order valence-corrected chi connectivity index (χ1v) is 22.4. The summed E-state index contributed by atoms with van der Waals surface area (Å²) in [7, 11) is -3.90. The average Bonchev–Trinajstić information content (AvgIpc) is 3.89. The first kappa shape index (κ1) is 37.9. The molecule has 1 aliphatic heterocycles. The highest BCUT2D eigenvalue weighted by atomic mass is 32.2. The van der Waals surface area contributed by atoms with Crippen LogP contribution in [0.3, 0.4) is 0 Å². The molecular formula is C49H47N3O4S2. The van der Waals surface area contributed by atoms with Crippen molar-refractivity contribution in [3.8, 4) is 5.75 Å². The van der Waals surface area contributed by atoms with Crippen molar-refractivity contribution in [2.45, 2.75) is 70.1 Å². The quantitative estimate of drug-likeness (QED) is 0.106. The second kappa shape index (κ2) is 15.3. The molecule has 0 spiro atoms. The number of ether oxygens (including phenoxy) is 1. The standard InChI is InChI=1S/C49H47N3O4S2/c1-30(2)24-33-13-15-34(16-14-33)32(4)49(53)56-37-17-21-44-42(27-37)43(28-51-44)40-9-7-23-50-48-41(40)20-22-45-47(48)36(26-38-25-35-8-5-6-10-46(35)57-38)29-52(45)58(54,55)39-18-11-31(3)12-19-39/h5-6,8,10-22,25,27-30,32,40,50-51H,7,9,23-24,26H2,1-4H3. The molecule has 0 saturated heterocycles. The van der Waals surface area contributed by atoms with E-state index in [2.05, 4.69) is 78.9 Å². The number of hydrogen-bond donors (Lipinski definition) is 2. The lowest BCUT2D eigenvalue weighted by Crippen LogP contribution is -2.16. The third-order valence-corrected chi connectivity index (χ3v) is 14.4. The molecule has 2 N–H and O–H groups in total. The molecule has 0 bridgehead atoms. The van der Waals surface area contributed by atoms with Gasteiger partial charge in [0.15, 0.2) is 0 Å². The third-order valence-electron chi connectivity index (χ3n) is 11.6. The fourth-order valence-electron chi connectivity index (χ4n) is 8.57. The van der Waals surface area contributed by atoms with Gasteiger partial charge in [0, 0.05) is 62.8 Å². The molecule has 2 atom stereocenters. The van der Waals surface area contributed by atoms with Crippen LogP contribution in [0.15, 0.2) is 126 Å². The predicted molar refractivity (Wildman–Crippen MR) is 237 cm³/mol. The van der Waals surface area contributed by atoms with Gasteiger partial charge in [-0.15, -0.1) is 11.3 Å². The first-order valence-electron chi connectivity index (χ1n) is 20.2. The van der Waals surface area contributed by atoms with Crippen LogP contribution in [-0.4, -0.2) is 29.9 Å². The molecule has 4 heterocycles. The zero-order valence-electron chi connectivity index (χ0n) is 33.2. The number of benzene rings is 5. The predicted octanol–water partition coefficient (Wildman–Crippen LogP) is 11.7. The Morgan fingerprint density at radius 3 is 2.48 bits per heavy atom. The lowest BCUT2D eigenvalue weighted by atomic mass is 9.86. The molecule has 3 aromatic heterocycles. The summed E-state index contributed by atoms with van der Waals surface area (Å²) in [6.45, 7) is 9.01. The minimum Gasteiger partial charge on any atom is -0.426 e. The maximum absolute atomic E-state index is 14.4. The summed E-state index contributed by atoms with van der Waals surface area (Å²) in [6, 6.07) is 35.8. The van der Waals surface area contributed by atoms with E-state index in [4.69, 9.17) is 4.74 Å². The van der Waals surface area contributed by atoms with Gasteiger partial charge in [-0.05, 0) is 121 Å². The zero-order chi connectivity index (χ0) is 40.1. The average molecular weight is 806 g/mol. The maximum atomic E-state index is 14.4. The molecule has 0 aliphatic carbocycles. The number of anilines is 1. The summed E-state index contributed by atoms with van der Waals surface area (Å²) in [6.07, 6.45) is 7.31. The Morgan fingerprint density at radius 2 is 1.71 bits per heavy atom. The fourth-order valence-corrected chi connectivity index (χ4v) is 11.0. The number of nitrogens with one attached hydrogen (secondary N) is 2. The minimum absolute atomic E-state index is 0.00612. The molecule has 9 rings (SSSR count). The number of fused-ring (bicyclic) bond motifs is 5. The zero-order valence-corrected chi connectivity index (χ0v) is 34.8. The van der Waals surface area contributed by atoms with E-state index in [-0.39, 0.29) is 16.8 Å². The van der Waals surface area contributed by atoms with Crippen LogP contribution in [-0.2, 0) is 27.7 Å². The molecule has 0 saturated carbocycles. The van der Waals surface area contributed by atoms with Crippen molar-refractivity contribution >= 4 is 64.9 Å². The van der Waals surface area contributed by atoms with Gasteiger partial charge in [0.2, 0.25) is 0 Å². The molecule has 0 amide bonds. The molecule has 9 heteroatoms. The Hall–Kier alpha value is -5.64. The van der Waals surface area contributed by atoms with Gasteiger partial charge < -0.3 is 15.0 Å². The minimum atomic E-state index is -3.90. The number of hydrogen-bond acceptors (Lipinski definition) is 6. The number of nitrogens with zero attached hydrogens (tertiary/aromatic N) is 1. The third kappa shape index (κ3) is 7.11. The second-order valence-electron chi connectivity index (χ2n) is 16.2. The Kier molecular flexibility index (Phi) is 9.98. The fraction of sp³-hybridized carbons (Fsp3) is 0.245. The summed E-state index contributed by atoms with van der Waals surface area (Å²) in [5.74, 6) is 0.367. The van der Waals surface area contributed by atoms with Gasteiger partial charge in [0.25, 0.3) is 10.0 Å². The van der Waals surface area contributed by atoms with Gasteiger partial charge >= 0.3 is 5.97 Å².